The van der Waals surface area contributed by atoms with E-state index >= 15 is 0 Å². The van der Waals surface area contributed by atoms with Gasteiger partial charge in [0.25, 0.3) is 0 Å². The third kappa shape index (κ3) is 7.92. The van der Waals surface area contributed by atoms with Gasteiger partial charge in [0, 0.05) is 11.6 Å². The Labute approximate surface area is 242 Å². The van der Waals surface area contributed by atoms with E-state index < -0.39 is 0 Å². The maximum Gasteiger partial charge on any atom is 1.00 e. The average Bonchev–Trinajstić information content (AvgIpc) is 2.77. The molecule has 6 heteroatoms. The normalized spacial score (nSPS) is 14.3. The Kier molecular flexibility index (Phi) is 12.7. The molecule has 176 valence electrons. The number of unbranched alkanes of at least 4 members (excludes halogenated alkanes) is 2. The molecular weight excluding hydrogens is 437 g/mol. The number of methoxy groups -OCH3 is 1. The molecule has 1 aromatic carbocycles. The minimum absolute atomic E-state index is 0. The molecule has 3 rings (SSSR count). The van der Waals surface area contributed by atoms with E-state index in [1.54, 1.807) is 13.2 Å². The van der Waals surface area contributed by atoms with Crippen molar-refractivity contribution in [3.63, 3.8) is 0 Å². The summed E-state index contributed by atoms with van der Waals surface area (Å²) in [5.41, 5.74) is 3.85. The molecule has 33 heavy (non-hydrogen) atoms. The van der Waals surface area contributed by atoms with E-state index in [4.69, 9.17) is 10.1 Å². The van der Waals surface area contributed by atoms with Crippen LogP contribution in [0, 0.1) is 5.92 Å². The first-order chi connectivity index (χ1) is 15.6. The molecule has 1 fully saturated rings. The van der Waals surface area contributed by atoms with Crippen LogP contribution in [-0.4, -0.2) is 28.5 Å². The van der Waals surface area contributed by atoms with Crippen molar-refractivity contribution >= 4 is 5.82 Å². The van der Waals surface area contributed by atoms with Crippen LogP contribution < -0.4 is 56.1 Å². The summed E-state index contributed by atoms with van der Waals surface area (Å²) >= 11 is 0. The molecule has 2 aromatic rings. The largest absolute Gasteiger partial charge is 1.00 e. The number of phenolic OH excluding ortho intramolecular Hbond substituents is 1. The summed E-state index contributed by atoms with van der Waals surface area (Å²) in [5.74, 6) is 2.31. The first-order valence-electron chi connectivity index (χ1n) is 12.6. The van der Waals surface area contributed by atoms with Crippen LogP contribution in [0.1, 0.15) is 89.7 Å². The van der Waals surface area contributed by atoms with Crippen molar-refractivity contribution < 1.29 is 61.2 Å². The fourth-order valence-electron chi connectivity index (χ4n) is 4.45. The molecule has 1 aliphatic carbocycles. The Bertz CT molecular complexity index is 871. The zero-order valence-corrected chi connectivity index (χ0v) is 24.5. The van der Waals surface area contributed by atoms with Gasteiger partial charge in [-0.05, 0) is 54.2 Å². The van der Waals surface area contributed by atoms with E-state index in [2.05, 4.69) is 43.1 Å². The number of hydrogen-bond donors (Lipinski definition) is 1. The van der Waals surface area contributed by atoms with Crippen molar-refractivity contribution in [2.45, 2.75) is 97.4 Å². The summed E-state index contributed by atoms with van der Waals surface area (Å²) in [6, 6.07) is 6.15. The van der Waals surface area contributed by atoms with Gasteiger partial charge in [-0.15, -0.1) is 0 Å². The molecule has 5 nitrogen and oxygen atoms in total. The van der Waals surface area contributed by atoms with Gasteiger partial charge in [0.15, 0.2) is 0 Å². The molecular formula is C27H40KN3O2. The molecule has 0 amide bonds. The van der Waals surface area contributed by atoms with Gasteiger partial charge in [0.1, 0.15) is 11.5 Å². The van der Waals surface area contributed by atoms with E-state index in [0.29, 0.717) is 11.7 Å². The van der Waals surface area contributed by atoms with Crippen molar-refractivity contribution in [2.75, 3.05) is 7.11 Å². The van der Waals surface area contributed by atoms with Crippen molar-refractivity contribution in [3.8, 4) is 22.8 Å². The van der Waals surface area contributed by atoms with E-state index in [1.165, 1.54) is 32.1 Å². The average molecular weight is 478 g/mol. The fraction of sp³-hybridized carbons (Fsp3) is 0.630. The van der Waals surface area contributed by atoms with E-state index in [1.807, 2.05) is 0 Å². The summed E-state index contributed by atoms with van der Waals surface area (Å²) < 4.78 is 5.45. The monoisotopic (exact) mass is 477 g/mol. The number of nitrogens with zero attached hydrogens (tertiary/aromatic N) is 3. The summed E-state index contributed by atoms with van der Waals surface area (Å²) in [4.78, 5) is 0. The maximum absolute atomic E-state index is 11.0. The quantitative estimate of drug-likeness (QED) is 0.431. The Hall–Kier alpha value is -0.664. The number of aromatic nitrogens is 2. The van der Waals surface area contributed by atoms with E-state index in [9.17, 15) is 5.11 Å². The van der Waals surface area contributed by atoms with Gasteiger partial charge in [-0.2, -0.15) is 0 Å². The number of rotatable bonds is 13. The number of phenols is 1. The topological polar surface area (TPSA) is 69.3 Å². The second kappa shape index (κ2) is 14.7. The van der Waals surface area contributed by atoms with Crippen molar-refractivity contribution in [1.82, 2.24) is 10.2 Å². The molecule has 0 spiro atoms. The molecule has 0 aliphatic heterocycles. The number of aryl methyl sites for hydroxylation is 1. The molecule has 0 saturated heterocycles. The van der Waals surface area contributed by atoms with Crippen LogP contribution in [0.15, 0.2) is 18.2 Å². The van der Waals surface area contributed by atoms with Gasteiger partial charge in [-0.25, -0.2) is 0 Å². The van der Waals surface area contributed by atoms with Crippen LogP contribution in [0.2, 0.25) is 0 Å². The Morgan fingerprint density at radius 2 is 1.82 bits per heavy atom. The van der Waals surface area contributed by atoms with E-state index in [-0.39, 0.29) is 63.2 Å². The number of ether oxygens (including phenoxy) is 1. The third-order valence-electron chi connectivity index (χ3n) is 6.72. The molecule has 1 heterocycles. The Morgan fingerprint density at radius 3 is 2.42 bits per heavy atom. The number of hydrogen-bond acceptors (Lipinski definition) is 4. The van der Waals surface area contributed by atoms with Gasteiger partial charge in [0.2, 0.25) is 0 Å². The first kappa shape index (κ1) is 28.6. The first-order valence-corrected chi connectivity index (χ1v) is 12.6. The molecule has 0 radical (unpaired) electrons. The van der Waals surface area contributed by atoms with Gasteiger partial charge >= 0.3 is 51.4 Å². The number of benzene rings is 1. The standard InChI is InChI=1S/C27H40N3O2.K/c1-5-8-13-20-17-25(28-22(7-3)14-9-6-2)29-30-27(20)26-21(15-19-11-10-12-19)16-23(32-4)18-24(26)31;/h16-19,22H,5-15H2,1-4H3,(H-,28,29,30,31);/q-1;+1. The molecule has 1 atom stereocenters. The maximum atomic E-state index is 11.0. The van der Waals surface area contributed by atoms with Crippen LogP contribution in [0.25, 0.3) is 16.6 Å². The molecule has 1 aromatic heterocycles. The van der Waals surface area contributed by atoms with Crippen molar-refractivity contribution in [2.24, 2.45) is 5.92 Å². The fourth-order valence-corrected chi connectivity index (χ4v) is 4.45. The molecule has 0 bridgehead atoms. The number of aromatic hydroxyl groups is 1. The van der Waals surface area contributed by atoms with Gasteiger partial charge < -0.3 is 20.3 Å². The third-order valence-corrected chi connectivity index (χ3v) is 6.72. The molecule has 1 unspecified atom stereocenters. The molecule has 1 N–H and O–H groups in total. The van der Waals surface area contributed by atoms with Gasteiger partial charge in [-0.3, -0.25) is 5.10 Å². The van der Waals surface area contributed by atoms with Gasteiger partial charge in [-0.1, -0.05) is 78.2 Å². The van der Waals surface area contributed by atoms with Crippen LogP contribution in [0.3, 0.4) is 0 Å². The van der Waals surface area contributed by atoms with Crippen LogP contribution in [0.4, 0.5) is 5.82 Å². The Morgan fingerprint density at radius 1 is 1.06 bits per heavy atom. The minimum Gasteiger partial charge on any atom is -0.507 e. The molecule has 1 aliphatic rings. The van der Waals surface area contributed by atoms with Crippen LogP contribution >= 0.6 is 0 Å². The van der Waals surface area contributed by atoms with Crippen LogP contribution in [0.5, 0.6) is 11.5 Å². The summed E-state index contributed by atoms with van der Waals surface area (Å²) in [7, 11) is 1.65. The molecule has 1 saturated carbocycles. The summed E-state index contributed by atoms with van der Waals surface area (Å²) in [6.07, 6.45) is 12.3. The zero-order chi connectivity index (χ0) is 22.9. The summed E-state index contributed by atoms with van der Waals surface area (Å²) in [5, 5.41) is 25.0. The van der Waals surface area contributed by atoms with Crippen LogP contribution in [-0.2, 0) is 12.8 Å². The Balaban J connectivity index is 0.00000385. The van der Waals surface area contributed by atoms with Crippen molar-refractivity contribution in [3.05, 3.63) is 34.6 Å². The zero-order valence-electron chi connectivity index (χ0n) is 21.4. The van der Waals surface area contributed by atoms with Crippen molar-refractivity contribution in [1.29, 1.82) is 0 Å². The SMILES string of the molecule is CCCCc1cc([N-]C(CC)CCCC)nnc1-c1c(O)cc(OC)cc1CC1CCC1.[K+]. The second-order valence-electron chi connectivity index (χ2n) is 9.20. The van der Waals surface area contributed by atoms with E-state index in [0.717, 1.165) is 66.7 Å². The second-order valence-corrected chi connectivity index (χ2v) is 9.20. The summed E-state index contributed by atoms with van der Waals surface area (Å²) in [6.45, 7) is 6.60. The minimum atomic E-state index is 0. The predicted molar refractivity (Wildman–Crippen MR) is 132 cm³/mol. The van der Waals surface area contributed by atoms with Gasteiger partial charge in [0.05, 0.1) is 12.8 Å². The smallest absolute Gasteiger partial charge is 0.507 e. The predicted octanol–water partition coefficient (Wildman–Crippen LogP) is 4.52.